The van der Waals surface area contributed by atoms with Crippen molar-refractivity contribution in [2.45, 2.75) is 0 Å². The lowest BCUT2D eigenvalue weighted by molar-refractivity contribution is 0.960. The molecule has 0 bridgehead atoms. The lowest BCUT2D eigenvalue weighted by Crippen LogP contribution is -2.19. The molecule has 2 aromatic heterocycles. The van der Waals surface area contributed by atoms with Crippen molar-refractivity contribution in [2.24, 2.45) is 4.99 Å². The van der Waals surface area contributed by atoms with Gasteiger partial charge < -0.3 is 5.32 Å². The lowest BCUT2D eigenvalue weighted by atomic mass is 10.1. The van der Waals surface area contributed by atoms with Gasteiger partial charge in [-0.1, -0.05) is 0 Å². The van der Waals surface area contributed by atoms with E-state index in [9.17, 15) is 0 Å². The smallest absolute Gasteiger partial charge is 0.129 e. The summed E-state index contributed by atoms with van der Waals surface area (Å²) in [5.41, 5.74) is 3.00. The van der Waals surface area contributed by atoms with E-state index in [4.69, 9.17) is 0 Å². The number of hydrogen-bond acceptors (Lipinski definition) is 4. The van der Waals surface area contributed by atoms with E-state index in [1.54, 1.807) is 6.20 Å². The minimum atomic E-state index is 0.847. The predicted molar refractivity (Wildman–Crippen MR) is 66.9 cm³/mol. The number of hydrogen-bond donors (Lipinski definition) is 1. The Labute approximate surface area is 99.5 Å². The van der Waals surface area contributed by atoms with Crippen LogP contribution in [-0.4, -0.2) is 28.9 Å². The van der Waals surface area contributed by atoms with Gasteiger partial charge in [-0.2, -0.15) is 0 Å². The molecule has 84 valence electrons. The molecule has 0 aliphatic carbocycles. The van der Waals surface area contributed by atoms with Gasteiger partial charge in [0.25, 0.3) is 0 Å². The molecule has 0 aromatic carbocycles. The topological polar surface area (TPSA) is 50.2 Å². The van der Waals surface area contributed by atoms with Gasteiger partial charge in [-0.15, -0.1) is 0 Å². The van der Waals surface area contributed by atoms with Gasteiger partial charge in [0, 0.05) is 36.3 Å². The number of amidine groups is 1. The molecule has 4 heteroatoms. The predicted octanol–water partition coefficient (Wildman–Crippen LogP) is 1.49. The van der Waals surface area contributed by atoms with Crippen LogP contribution in [0.25, 0.3) is 11.3 Å². The third kappa shape index (κ3) is 2.01. The highest BCUT2D eigenvalue weighted by molar-refractivity contribution is 5.99. The van der Waals surface area contributed by atoms with Crippen LogP contribution in [0.3, 0.4) is 0 Å². The highest BCUT2D eigenvalue weighted by Crippen LogP contribution is 2.15. The first-order valence-electron chi connectivity index (χ1n) is 5.58. The maximum absolute atomic E-state index is 4.43. The van der Waals surface area contributed by atoms with Crippen molar-refractivity contribution in [3.8, 4) is 11.3 Å². The summed E-state index contributed by atoms with van der Waals surface area (Å²) in [5.74, 6) is 0.940. The minimum absolute atomic E-state index is 0.847. The standard InChI is InChI=1S/C13H12N4/c1-2-10(8-14-5-1)12-4-3-11(9-17-12)13-15-6-7-16-13/h1-5,8-9H,6-7H2,(H,15,16). The molecule has 1 aliphatic heterocycles. The molecule has 0 amide bonds. The van der Waals surface area contributed by atoms with Crippen molar-refractivity contribution < 1.29 is 0 Å². The first-order valence-corrected chi connectivity index (χ1v) is 5.58. The van der Waals surface area contributed by atoms with E-state index in [1.165, 1.54) is 0 Å². The Morgan fingerprint density at radius 1 is 1.06 bits per heavy atom. The summed E-state index contributed by atoms with van der Waals surface area (Å²) in [6.45, 7) is 1.76. The molecule has 0 spiro atoms. The lowest BCUT2D eigenvalue weighted by Gasteiger charge is -2.03. The number of aliphatic imine (C=N–C) groups is 1. The van der Waals surface area contributed by atoms with Crippen LogP contribution in [0.2, 0.25) is 0 Å². The third-order valence-electron chi connectivity index (χ3n) is 2.67. The number of nitrogens with one attached hydrogen (secondary N) is 1. The Hall–Kier alpha value is -2.23. The van der Waals surface area contributed by atoms with E-state index in [-0.39, 0.29) is 0 Å². The van der Waals surface area contributed by atoms with E-state index in [0.29, 0.717) is 0 Å². The quantitative estimate of drug-likeness (QED) is 0.840. The molecule has 0 atom stereocenters. The average molecular weight is 224 g/mol. The first-order chi connectivity index (χ1) is 8.43. The Morgan fingerprint density at radius 3 is 2.71 bits per heavy atom. The fraction of sp³-hybridized carbons (Fsp3) is 0.154. The average Bonchev–Trinajstić information content (AvgIpc) is 2.94. The molecule has 1 aliphatic rings. The van der Waals surface area contributed by atoms with Gasteiger partial charge in [0.15, 0.2) is 0 Å². The maximum Gasteiger partial charge on any atom is 0.129 e. The number of rotatable bonds is 2. The van der Waals surface area contributed by atoms with Crippen molar-refractivity contribution in [1.29, 1.82) is 0 Å². The van der Waals surface area contributed by atoms with E-state index in [1.807, 2.05) is 36.7 Å². The Bertz CT molecular complexity index is 531. The van der Waals surface area contributed by atoms with Crippen LogP contribution in [0, 0.1) is 0 Å². The maximum atomic E-state index is 4.43. The second-order valence-corrected chi connectivity index (χ2v) is 3.83. The van der Waals surface area contributed by atoms with E-state index >= 15 is 0 Å². The molecule has 17 heavy (non-hydrogen) atoms. The fourth-order valence-corrected chi connectivity index (χ4v) is 1.81. The second kappa shape index (κ2) is 4.33. The molecule has 0 saturated carbocycles. The van der Waals surface area contributed by atoms with Crippen LogP contribution >= 0.6 is 0 Å². The second-order valence-electron chi connectivity index (χ2n) is 3.83. The van der Waals surface area contributed by atoms with Crippen LogP contribution in [0.5, 0.6) is 0 Å². The van der Waals surface area contributed by atoms with Gasteiger partial charge in [-0.3, -0.25) is 15.0 Å². The van der Waals surface area contributed by atoms with Crippen LogP contribution in [0.1, 0.15) is 5.56 Å². The van der Waals surface area contributed by atoms with Gasteiger partial charge in [0.1, 0.15) is 5.84 Å². The van der Waals surface area contributed by atoms with Crippen molar-refractivity contribution in [1.82, 2.24) is 15.3 Å². The zero-order chi connectivity index (χ0) is 11.5. The van der Waals surface area contributed by atoms with Crippen LogP contribution in [0.4, 0.5) is 0 Å². The van der Waals surface area contributed by atoms with E-state index in [2.05, 4.69) is 20.3 Å². The van der Waals surface area contributed by atoms with Gasteiger partial charge in [-0.25, -0.2) is 0 Å². The van der Waals surface area contributed by atoms with Gasteiger partial charge >= 0.3 is 0 Å². The highest BCUT2D eigenvalue weighted by atomic mass is 15.1. The zero-order valence-electron chi connectivity index (χ0n) is 9.30. The third-order valence-corrected chi connectivity index (χ3v) is 2.67. The molecule has 0 saturated heterocycles. The van der Waals surface area contributed by atoms with Crippen molar-refractivity contribution in [2.75, 3.05) is 13.1 Å². The number of nitrogens with zero attached hydrogens (tertiary/aromatic N) is 3. The Morgan fingerprint density at radius 2 is 2.06 bits per heavy atom. The largest absolute Gasteiger partial charge is 0.368 e. The molecule has 0 unspecified atom stereocenters. The fourth-order valence-electron chi connectivity index (χ4n) is 1.81. The SMILES string of the molecule is c1cncc(-c2ccc(C3=NCCN3)cn2)c1. The molecule has 4 nitrogen and oxygen atoms in total. The van der Waals surface area contributed by atoms with Crippen LogP contribution < -0.4 is 5.32 Å². The van der Waals surface area contributed by atoms with Crippen molar-refractivity contribution in [3.05, 3.63) is 48.4 Å². The zero-order valence-corrected chi connectivity index (χ0v) is 9.30. The summed E-state index contributed by atoms with van der Waals surface area (Å²) < 4.78 is 0. The molecule has 0 fully saturated rings. The molecule has 2 aromatic rings. The van der Waals surface area contributed by atoms with E-state index in [0.717, 1.165) is 35.7 Å². The summed E-state index contributed by atoms with van der Waals surface area (Å²) in [4.78, 5) is 12.9. The van der Waals surface area contributed by atoms with Gasteiger partial charge in [0.05, 0.1) is 12.2 Å². The normalized spacial score (nSPS) is 14.2. The van der Waals surface area contributed by atoms with Gasteiger partial charge in [0.2, 0.25) is 0 Å². The molecular weight excluding hydrogens is 212 g/mol. The summed E-state index contributed by atoms with van der Waals surface area (Å²) in [5, 5.41) is 3.23. The summed E-state index contributed by atoms with van der Waals surface area (Å²) >= 11 is 0. The first kappa shape index (κ1) is 9.96. The minimum Gasteiger partial charge on any atom is -0.368 e. The highest BCUT2D eigenvalue weighted by Gasteiger charge is 2.08. The number of pyridine rings is 2. The molecule has 3 heterocycles. The number of aromatic nitrogens is 2. The summed E-state index contributed by atoms with van der Waals surface area (Å²) in [6, 6.07) is 7.94. The Balaban J connectivity index is 1.90. The van der Waals surface area contributed by atoms with E-state index < -0.39 is 0 Å². The molecule has 3 rings (SSSR count). The Kier molecular flexibility index (Phi) is 2.54. The van der Waals surface area contributed by atoms with Gasteiger partial charge in [-0.05, 0) is 24.3 Å². The summed E-state index contributed by atoms with van der Waals surface area (Å²) in [7, 11) is 0. The molecular formula is C13H12N4. The molecule has 0 radical (unpaired) electrons. The summed E-state index contributed by atoms with van der Waals surface area (Å²) in [6.07, 6.45) is 5.42. The monoisotopic (exact) mass is 224 g/mol. The molecule has 1 N–H and O–H groups in total. The van der Waals surface area contributed by atoms with Crippen molar-refractivity contribution in [3.63, 3.8) is 0 Å². The van der Waals surface area contributed by atoms with Crippen LogP contribution in [0.15, 0.2) is 47.8 Å². The van der Waals surface area contributed by atoms with Crippen molar-refractivity contribution >= 4 is 5.84 Å². The van der Waals surface area contributed by atoms with Crippen LogP contribution in [-0.2, 0) is 0 Å².